The number of carbonyl (C=O) groups is 1. The highest BCUT2D eigenvalue weighted by atomic mass is 16.5. The average Bonchev–Trinajstić information content (AvgIpc) is 2.29. The number of allylic oxidation sites excluding steroid dienone is 1. The Labute approximate surface area is 99.1 Å². The van der Waals surface area contributed by atoms with Gasteiger partial charge in [0.2, 0.25) is 0 Å². The second-order valence-corrected chi connectivity index (χ2v) is 4.51. The molecule has 0 aromatic heterocycles. The van der Waals surface area contributed by atoms with Crippen molar-refractivity contribution in [3.05, 3.63) is 12.2 Å². The van der Waals surface area contributed by atoms with Gasteiger partial charge in [0.05, 0.1) is 13.0 Å². The molecule has 0 amide bonds. The summed E-state index contributed by atoms with van der Waals surface area (Å²) in [5.74, 6) is -0.0777. The van der Waals surface area contributed by atoms with Gasteiger partial charge in [-0.15, -0.1) is 0 Å². The quantitative estimate of drug-likeness (QED) is 0.459. The number of ether oxygens (including phenoxy) is 1. The zero-order chi connectivity index (χ0) is 11.5. The molecule has 0 bridgehead atoms. The summed E-state index contributed by atoms with van der Waals surface area (Å²) in [4.78, 5) is 11.2. The Morgan fingerprint density at radius 1 is 0.812 bits per heavy atom. The fraction of sp³-hybridized carbons (Fsp3) is 0.786. The third-order valence-corrected chi connectivity index (χ3v) is 2.98. The number of hydrogen-bond acceptors (Lipinski definition) is 2. The molecule has 0 fully saturated rings. The molecule has 0 aromatic carbocycles. The van der Waals surface area contributed by atoms with Gasteiger partial charge >= 0.3 is 5.97 Å². The molecule has 0 aliphatic carbocycles. The number of cyclic esters (lactones) is 1. The van der Waals surface area contributed by atoms with Gasteiger partial charge in [0.25, 0.3) is 0 Å². The Kier molecular flexibility index (Phi) is 7.83. The zero-order valence-corrected chi connectivity index (χ0v) is 10.2. The van der Waals surface area contributed by atoms with Crippen molar-refractivity contribution in [2.24, 2.45) is 0 Å². The van der Waals surface area contributed by atoms with Crippen LogP contribution in [0.15, 0.2) is 12.2 Å². The van der Waals surface area contributed by atoms with Crippen molar-refractivity contribution in [3.8, 4) is 0 Å². The first kappa shape index (κ1) is 13.3. The van der Waals surface area contributed by atoms with E-state index in [2.05, 4.69) is 6.08 Å². The third-order valence-electron chi connectivity index (χ3n) is 2.98. The van der Waals surface area contributed by atoms with Crippen molar-refractivity contribution in [3.63, 3.8) is 0 Å². The van der Waals surface area contributed by atoms with Crippen molar-refractivity contribution >= 4 is 5.97 Å². The summed E-state index contributed by atoms with van der Waals surface area (Å²) >= 11 is 0. The van der Waals surface area contributed by atoms with Gasteiger partial charge in [-0.25, -0.2) is 0 Å². The van der Waals surface area contributed by atoms with E-state index in [0.717, 1.165) is 12.8 Å². The monoisotopic (exact) mass is 224 g/mol. The highest BCUT2D eigenvalue weighted by Crippen LogP contribution is 2.10. The molecule has 0 aromatic rings. The summed E-state index contributed by atoms with van der Waals surface area (Å²) in [6.07, 6.45) is 15.8. The van der Waals surface area contributed by atoms with Crippen LogP contribution in [0.4, 0.5) is 0 Å². The predicted octanol–water partition coefficient (Wildman–Crippen LogP) is 4.00. The molecular weight excluding hydrogens is 200 g/mol. The molecule has 1 heterocycles. The van der Waals surface area contributed by atoms with Crippen molar-refractivity contribution in [2.75, 3.05) is 6.61 Å². The predicted molar refractivity (Wildman–Crippen MR) is 66.3 cm³/mol. The van der Waals surface area contributed by atoms with E-state index < -0.39 is 0 Å². The normalized spacial score (nSPS) is 23.9. The minimum Gasteiger partial charge on any atom is -0.465 e. The summed E-state index contributed by atoms with van der Waals surface area (Å²) in [5, 5.41) is 0. The van der Waals surface area contributed by atoms with Crippen LogP contribution in [0.5, 0.6) is 0 Å². The van der Waals surface area contributed by atoms with E-state index >= 15 is 0 Å². The molecule has 0 saturated heterocycles. The van der Waals surface area contributed by atoms with Crippen LogP contribution in [0, 0.1) is 0 Å². The third kappa shape index (κ3) is 7.49. The Balaban J connectivity index is 2.21. The fourth-order valence-electron chi connectivity index (χ4n) is 1.97. The van der Waals surface area contributed by atoms with Gasteiger partial charge in [0.15, 0.2) is 0 Å². The van der Waals surface area contributed by atoms with Gasteiger partial charge in [-0.1, -0.05) is 50.7 Å². The summed E-state index contributed by atoms with van der Waals surface area (Å²) in [6.45, 7) is 0.604. The maximum Gasteiger partial charge on any atom is 0.309 e. The number of carbonyl (C=O) groups excluding carboxylic acids is 1. The van der Waals surface area contributed by atoms with Crippen LogP contribution in [0.1, 0.15) is 64.2 Å². The van der Waals surface area contributed by atoms with Crippen LogP contribution in [-0.2, 0) is 9.53 Å². The van der Waals surface area contributed by atoms with E-state index in [1.807, 2.05) is 6.08 Å². The maximum absolute atomic E-state index is 11.2. The van der Waals surface area contributed by atoms with Gasteiger partial charge in [-0.2, -0.15) is 0 Å². The molecule has 0 saturated carbocycles. The van der Waals surface area contributed by atoms with E-state index in [9.17, 15) is 4.79 Å². The highest BCUT2D eigenvalue weighted by Gasteiger charge is 1.99. The van der Waals surface area contributed by atoms with E-state index in [-0.39, 0.29) is 5.97 Å². The largest absolute Gasteiger partial charge is 0.465 e. The van der Waals surface area contributed by atoms with E-state index in [1.54, 1.807) is 0 Å². The molecule has 0 spiro atoms. The second-order valence-electron chi connectivity index (χ2n) is 4.51. The first-order valence-corrected chi connectivity index (χ1v) is 6.70. The lowest BCUT2D eigenvalue weighted by atomic mass is 10.1. The van der Waals surface area contributed by atoms with Gasteiger partial charge in [-0.3, -0.25) is 4.79 Å². The lowest BCUT2D eigenvalue weighted by Gasteiger charge is -2.03. The molecule has 2 heteroatoms. The molecule has 1 aliphatic rings. The van der Waals surface area contributed by atoms with Crippen LogP contribution in [0.2, 0.25) is 0 Å². The van der Waals surface area contributed by atoms with Gasteiger partial charge in [0.1, 0.15) is 0 Å². The van der Waals surface area contributed by atoms with Crippen LogP contribution >= 0.6 is 0 Å². The topological polar surface area (TPSA) is 26.3 Å². The number of esters is 1. The van der Waals surface area contributed by atoms with E-state index in [4.69, 9.17) is 4.74 Å². The van der Waals surface area contributed by atoms with Gasteiger partial charge in [0, 0.05) is 0 Å². The maximum atomic E-state index is 11.2. The minimum absolute atomic E-state index is 0.0777. The van der Waals surface area contributed by atoms with Crippen LogP contribution in [0.25, 0.3) is 0 Å². The van der Waals surface area contributed by atoms with Crippen molar-refractivity contribution in [1.82, 2.24) is 0 Å². The van der Waals surface area contributed by atoms with E-state index in [0.29, 0.717) is 13.0 Å². The Morgan fingerprint density at radius 3 is 2.19 bits per heavy atom. The molecule has 1 rings (SSSR count). The highest BCUT2D eigenvalue weighted by molar-refractivity contribution is 5.71. The number of rotatable bonds is 0. The fourth-order valence-corrected chi connectivity index (χ4v) is 1.97. The molecule has 1 aliphatic heterocycles. The van der Waals surface area contributed by atoms with Crippen molar-refractivity contribution < 1.29 is 9.53 Å². The van der Waals surface area contributed by atoms with Crippen LogP contribution in [-0.4, -0.2) is 12.6 Å². The molecule has 16 heavy (non-hydrogen) atoms. The Morgan fingerprint density at radius 2 is 1.44 bits per heavy atom. The molecule has 0 unspecified atom stereocenters. The molecular formula is C14H24O2. The first-order valence-electron chi connectivity index (χ1n) is 6.70. The SMILES string of the molecule is O=C1C/C=C/CCCCCCCCCCO1. The number of hydrogen-bond donors (Lipinski definition) is 0. The minimum atomic E-state index is -0.0777. The molecule has 0 radical (unpaired) electrons. The smallest absolute Gasteiger partial charge is 0.309 e. The standard InChI is InChI=1S/C14H24O2/c15-14-12-10-8-6-4-2-1-3-5-7-9-11-13-16-14/h8,10H,1-7,9,11-13H2/b10-8+. The van der Waals surface area contributed by atoms with Gasteiger partial charge in [-0.05, 0) is 19.3 Å². The van der Waals surface area contributed by atoms with E-state index in [1.165, 1.54) is 44.9 Å². The van der Waals surface area contributed by atoms with Crippen molar-refractivity contribution in [1.29, 1.82) is 0 Å². The Bertz CT molecular complexity index is 209. The summed E-state index contributed by atoms with van der Waals surface area (Å²) < 4.78 is 5.13. The van der Waals surface area contributed by atoms with Crippen LogP contribution in [0.3, 0.4) is 0 Å². The van der Waals surface area contributed by atoms with Crippen molar-refractivity contribution in [2.45, 2.75) is 64.2 Å². The van der Waals surface area contributed by atoms with Gasteiger partial charge < -0.3 is 4.74 Å². The summed E-state index contributed by atoms with van der Waals surface area (Å²) in [6, 6.07) is 0. The van der Waals surface area contributed by atoms with Crippen LogP contribution < -0.4 is 0 Å². The first-order chi connectivity index (χ1) is 7.89. The molecule has 92 valence electrons. The molecule has 2 nitrogen and oxygen atoms in total. The summed E-state index contributed by atoms with van der Waals surface area (Å²) in [5.41, 5.74) is 0. The molecule has 0 N–H and O–H groups in total. The Hall–Kier alpha value is -0.790. The summed E-state index contributed by atoms with van der Waals surface area (Å²) in [7, 11) is 0. The second kappa shape index (κ2) is 9.44. The lowest BCUT2D eigenvalue weighted by Crippen LogP contribution is -2.04. The lowest BCUT2D eigenvalue weighted by molar-refractivity contribution is -0.142. The zero-order valence-electron chi connectivity index (χ0n) is 10.2. The average molecular weight is 224 g/mol. The molecule has 0 atom stereocenters.